The summed E-state index contributed by atoms with van der Waals surface area (Å²) in [5.74, 6) is 0.712. The van der Waals surface area contributed by atoms with Crippen LogP contribution in [0.4, 0.5) is 10.5 Å². The highest BCUT2D eigenvalue weighted by Crippen LogP contribution is 2.19. The Hall–Kier alpha value is -3.09. The fourth-order valence-corrected chi connectivity index (χ4v) is 3.13. The van der Waals surface area contributed by atoms with Crippen LogP contribution in [0, 0.1) is 6.92 Å². The SMILES string of the molecule is Cc1cc(C(=O)N2CCCC2)ccc1NC(=O)NC[C@@H](C)Oc1cccnc1. The van der Waals surface area contributed by atoms with E-state index >= 15 is 0 Å². The predicted molar refractivity (Wildman–Crippen MR) is 108 cm³/mol. The van der Waals surface area contributed by atoms with Gasteiger partial charge in [0.25, 0.3) is 5.91 Å². The standard InChI is InChI=1S/C21H26N4O3/c1-15-12-17(20(26)25-10-3-4-11-25)7-8-19(15)24-21(27)23-13-16(2)28-18-6-5-9-22-14-18/h5-9,12,14,16H,3-4,10-11,13H2,1-2H3,(H2,23,24,27)/t16-/m1/s1. The van der Waals surface area contributed by atoms with Gasteiger partial charge in [0.05, 0.1) is 12.7 Å². The van der Waals surface area contributed by atoms with Gasteiger partial charge >= 0.3 is 6.03 Å². The van der Waals surface area contributed by atoms with Gasteiger partial charge in [-0.3, -0.25) is 9.78 Å². The molecule has 1 aromatic heterocycles. The summed E-state index contributed by atoms with van der Waals surface area (Å²) in [7, 11) is 0. The molecule has 0 saturated carbocycles. The van der Waals surface area contributed by atoms with Gasteiger partial charge in [0.2, 0.25) is 0 Å². The minimum atomic E-state index is -0.316. The molecule has 28 heavy (non-hydrogen) atoms. The molecule has 2 N–H and O–H groups in total. The lowest BCUT2D eigenvalue weighted by atomic mass is 10.1. The molecule has 1 aliphatic rings. The minimum Gasteiger partial charge on any atom is -0.487 e. The zero-order chi connectivity index (χ0) is 19.9. The summed E-state index contributed by atoms with van der Waals surface area (Å²) in [6, 6.07) is 8.65. The molecule has 7 nitrogen and oxygen atoms in total. The summed E-state index contributed by atoms with van der Waals surface area (Å²) in [6.45, 7) is 5.74. The van der Waals surface area contributed by atoms with Gasteiger partial charge in [0.15, 0.2) is 0 Å². The minimum absolute atomic E-state index is 0.0537. The molecule has 0 aliphatic carbocycles. The Morgan fingerprint density at radius 2 is 2.04 bits per heavy atom. The van der Waals surface area contributed by atoms with E-state index in [1.807, 2.05) is 30.9 Å². The van der Waals surface area contributed by atoms with Crippen LogP contribution >= 0.6 is 0 Å². The van der Waals surface area contributed by atoms with Crippen LogP contribution in [-0.2, 0) is 0 Å². The molecule has 148 valence electrons. The number of ether oxygens (including phenoxy) is 1. The largest absolute Gasteiger partial charge is 0.487 e. The van der Waals surface area contributed by atoms with Gasteiger partial charge < -0.3 is 20.3 Å². The molecule has 0 bridgehead atoms. The van der Waals surface area contributed by atoms with E-state index in [9.17, 15) is 9.59 Å². The molecule has 2 aromatic rings. The summed E-state index contributed by atoms with van der Waals surface area (Å²) in [5, 5.41) is 5.61. The van der Waals surface area contributed by atoms with Crippen LogP contribution in [0.3, 0.4) is 0 Å². The van der Waals surface area contributed by atoms with Crippen molar-refractivity contribution in [3.63, 3.8) is 0 Å². The van der Waals surface area contributed by atoms with Gasteiger partial charge in [-0.1, -0.05) is 0 Å². The maximum Gasteiger partial charge on any atom is 0.319 e. The van der Waals surface area contributed by atoms with Crippen molar-refractivity contribution < 1.29 is 14.3 Å². The lowest BCUT2D eigenvalue weighted by molar-refractivity contribution is 0.0792. The molecule has 0 radical (unpaired) electrons. The first-order valence-electron chi connectivity index (χ1n) is 9.54. The van der Waals surface area contributed by atoms with Crippen molar-refractivity contribution in [3.8, 4) is 5.75 Å². The number of rotatable bonds is 6. The van der Waals surface area contributed by atoms with Crippen molar-refractivity contribution in [2.75, 3.05) is 25.0 Å². The van der Waals surface area contributed by atoms with Crippen LogP contribution in [0.1, 0.15) is 35.7 Å². The molecule has 1 aromatic carbocycles. The highest BCUT2D eigenvalue weighted by molar-refractivity contribution is 5.96. The maximum absolute atomic E-state index is 12.5. The predicted octanol–water partition coefficient (Wildman–Crippen LogP) is 3.22. The van der Waals surface area contributed by atoms with Gasteiger partial charge in [-0.05, 0) is 62.6 Å². The molecular formula is C21H26N4O3. The highest BCUT2D eigenvalue weighted by Gasteiger charge is 2.20. The smallest absolute Gasteiger partial charge is 0.319 e. The second-order valence-electron chi connectivity index (χ2n) is 6.98. The Morgan fingerprint density at radius 1 is 1.25 bits per heavy atom. The van der Waals surface area contributed by atoms with Crippen molar-refractivity contribution in [1.82, 2.24) is 15.2 Å². The highest BCUT2D eigenvalue weighted by atomic mass is 16.5. The number of aromatic nitrogens is 1. The van der Waals surface area contributed by atoms with Crippen LogP contribution < -0.4 is 15.4 Å². The molecule has 3 rings (SSSR count). The first kappa shape index (κ1) is 19.7. The second-order valence-corrected chi connectivity index (χ2v) is 6.98. The fourth-order valence-electron chi connectivity index (χ4n) is 3.13. The van der Waals surface area contributed by atoms with Crippen molar-refractivity contribution in [1.29, 1.82) is 0 Å². The first-order valence-corrected chi connectivity index (χ1v) is 9.54. The van der Waals surface area contributed by atoms with Crippen LogP contribution in [0.15, 0.2) is 42.7 Å². The van der Waals surface area contributed by atoms with E-state index in [4.69, 9.17) is 4.74 Å². The Balaban J connectivity index is 1.50. The molecule has 0 spiro atoms. The molecule has 1 atom stereocenters. The Labute approximate surface area is 165 Å². The number of nitrogens with zero attached hydrogens (tertiary/aromatic N) is 2. The van der Waals surface area contributed by atoms with Crippen molar-refractivity contribution in [2.24, 2.45) is 0 Å². The molecular weight excluding hydrogens is 356 g/mol. The lowest BCUT2D eigenvalue weighted by Gasteiger charge is -2.17. The van der Waals surface area contributed by atoms with Gasteiger partial charge in [-0.15, -0.1) is 0 Å². The lowest BCUT2D eigenvalue weighted by Crippen LogP contribution is -2.36. The van der Waals surface area contributed by atoms with Crippen LogP contribution in [0.2, 0.25) is 0 Å². The van der Waals surface area contributed by atoms with E-state index in [0.29, 0.717) is 23.5 Å². The molecule has 1 fully saturated rings. The average molecular weight is 382 g/mol. The van der Waals surface area contributed by atoms with E-state index in [2.05, 4.69) is 15.6 Å². The number of anilines is 1. The third-order valence-electron chi connectivity index (χ3n) is 4.64. The molecule has 0 unspecified atom stereocenters. The Morgan fingerprint density at radius 3 is 2.71 bits per heavy atom. The van der Waals surface area contributed by atoms with Crippen molar-refractivity contribution >= 4 is 17.6 Å². The van der Waals surface area contributed by atoms with Gasteiger partial charge in [0.1, 0.15) is 11.9 Å². The number of carbonyl (C=O) groups excluding carboxylic acids is 2. The van der Waals surface area contributed by atoms with Gasteiger partial charge in [-0.25, -0.2) is 4.79 Å². The first-order chi connectivity index (χ1) is 13.5. The number of amides is 3. The van der Waals surface area contributed by atoms with E-state index in [0.717, 1.165) is 31.5 Å². The number of hydrogen-bond donors (Lipinski definition) is 2. The summed E-state index contributed by atoms with van der Waals surface area (Å²) < 4.78 is 5.68. The fraction of sp³-hybridized carbons (Fsp3) is 0.381. The quantitative estimate of drug-likeness (QED) is 0.804. The van der Waals surface area contributed by atoms with Gasteiger partial charge in [-0.2, -0.15) is 0 Å². The number of nitrogens with one attached hydrogen (secondary N) is 2. The molecule has 2 heterocycles. The maximum atomic E-state index is 12.5. The average Bonchev–Trinajstić information content (AvgIpc) is 3.23. The number of benzene rings is 1. The number of pyridine rings is 1. The van der Waals surface area contributed by atoms with Crippen molar-refractivity contribution in [3.05, 3.63) is 53.9 Å². The molecule has 1 saturated heterocycles. The third kappa shape index (κ3) is 5.22. The monoisotopic (exact) mass is 382 g/mol. The van der Waals surface area contributed by atoms with Crippen LogP contribution in [0.25, 0.3) is 0 Å². The number of hydrogen-bond acceptors (Lipinski definition) is 4. The summed E-state index contributed by atoms with van der Waals surface area (Å²) in [5.41, 5.74) is 2.18. The van der Waals surface area contributed by atoms with E-state index < -0.39 is 0 Å². The molecule has 7 heteroatoms. The zero-order valence-corrected chi connectivity index (χ0v) is 16.3. The zero-order valence-electron chi connectivity index (χ0n) is 16.3. The topological polar surface area (TPSA) is 83.6 Å². The summed E-state index contributed by atoms with van der Waals surface area (Å²) in [4.78, 5) is 30.5. The number of urea groups is 1. The van der Waals surface area contributed by atoms with Crippen molar-refractivity contribution in [2.45, 2.75) is 32.8 Å². The van der Waals surface area contributed by atoms with E-state index in [1.54, 1.807) is 30.6 Å². The number of likely N-dealkylation sites (tertiary alicyclic amines) is 1. The molecule has 1 aliphatic heterocycles. The number of aryl methyl sites for hydroxylation is 1. The normalized spacial score (nSPS) is 14.4. The van der Waals surface area contributed by atoms with Crippen LogP contribution in [-0.4, -0.2) is 47.6 Å². The Bertz CT molecular complexity index is 820. The number of carbonyl (C=O) groups is 2. The molecule has 3 amide bonds. The Kier molecular flexibility index (Phi) is 6.47. The van der Waals surface area contributed by atoms with Gasteiger partial charge in [0, 0.05) is 30.5 Å². The van der Waals surface area contributed by atoms with Crippen LogP contribution in [0.5, 0.6) is 5.75 Å². The summed E-state index contributed by atoms with van der Waals surface area (Å²) in [6.07, 6.45) is 5.23. The summed E-state index contributed by atoms with van der Waals surface area (Å²) >= 11 is 0. The second kappa shape index (κ2) is 9.21. The third-order valence-corrected chi connectivity index (χ3v) is 4.64. The van der Waals surface area contributed by atoms with E-state index in [1.165, 1.54) is 0 Å². The van der Waals surface area contributed by atoms with E-state index in [-0.39, 0.29) is 18.0 Å².